The quantitative estimate of drug-likeness (QED) is 0.438. The average molecular weight is 148 g/mol. The third-order valence-electron chi connectivity index (χ3n) is 1.66. The van der Waals surface area contributed by atoms with Crippen molar-refractivity contribution in [2.45, 2.75) is 37.9 Å². The maximum absolute atomic E-state index is 8.94. The Morgan fingerprint density at radius 3 is 2.30 bits per heavy atom. The van der Waals surface area contributed by atoms with Crippen molar-refractivity contribution in [3.63, 3.8) is 0 Å². The summed E-state index contributed by atoms with van der Waals surface area (Å²) in [6, 6.07) is 0. The molecule has 0 aliphatic carbocycles. The lowest BCUT2D eigenvalue weighted by Crippen LogP contribution is -2.22. The zero-order valence-corrected chi connectivity index (χ0v) is 5.77. The van der Waals surface area contributed by atoms with E-state index in [1.807, 2.05) is 0 Å². The summed E-state index contributed by atoms with van der Waals surface area (Å²) in [5.41, 5.74) is 0. The molecule has 0 spiro atoms. The fourth-order valence-electron chi connectivity index (χ4n) is 0.990. The van der Waals surface area contributed by atoms with Crippen LogP contribution in [0.25, 0.3) is 0 Å². The zero-order valence-electron chi connectivity index (χ0n) is 5.77. The largest absolute Gasteiger partial charge is 0.391 e. The van der Waals surface area contributed by atoms with Gasteiger partial charge >= 0.3 is 0 Å². The molecule has 1 rings (SSSR count). The van der Waals surface area contributed by atoms with Crippen molar-refractivity contribution >= 4 is 0 Å². The van der Waals surface area contributed by atoms with Crippen LogP contribution in [0, 0.1) is 0 Å². The topological polar surface area (TPSA) is 69.9 Å². The third-order valence-corrected chi connectivity index (χ3v) is 1.66. The SMILES string of the molecule is C[C@H](O)[C@H]1C[C@@H](O)C(O)O1. The van der Waals surface area contributed by atoms with Crippen molar-refractivity contribution in [3.05, 3.63) is 0 Å². The lowest BCUT2D eigenvalue weighted by Gasteiger charge is -2.11. The predicted molar refractivity (Wildman–Crippen MR) is 33.2 cm³/mol. The van der Waals surface area contributed by atoms with Crippen LogP contribution in [-0.2, 0) is 4.74 Å². The van der Waals surface area contributed by atoms with E-state index in [1.165, 1.54) is 0 Å². The first-order valence-electron chi connectivity index (χ1n) is 3.31. The van der Waals surface area contributed by atoms with Crippen molar-refractivity contribution in [1.29, 1.82) is 0 Å². The molecule has 1 aliphatic rings. The molecule has 0 aromatic heterocycles. The van der Waals surface area contributed by atoms with E-state index in [1.54, 1.807) is 6.92 Å². The minimum atomic E-state index is -1.13. The Bertz CT molecular complexity index is 104. The Morgan fingerprint density at radius 1 is 1.50 bits per heavy atom. The van der Waals surface area contributed by atoms with Crippen molar-refractivity contribution in [2.24, 2.45) is 0 Å². The summed E-state index contributed by atoms with van der Waals surface area (Å²) >= 11 is 0. The normalized spacial score (nSPS) is 43.8. The van der Waals surface area contributed by atoms with Gasteiger partial charge < -0.3 is 20.1 Å². The molecule has 60 valence electrons. The van der Waals surface area contributed by atoms with Crippen LogP contribution in [0.1, 0.15) is 13.3 Å². The summed E-state index contributed by atoms with van der Waals surface area (Å²) in [6.07, 6.45) is -2.73. The highest BCUT2D eigenvalue weighted by Crippen LogP contribution is 2.20. The summed E-state index contributed by atoms with van der Waals surface area (Å²) < 4.78 is 4.79. The molecule has 0 amide bonds. The molecule has 1 aliphatic heterocycles. The highest BCUT2D eigenvalue weighted by Gasteiger charge is 2.34. The molecular weight excluding hydrogens is 136 g/mol. The Balaban J connectivity index is 2.41. The average Bonchev–Trinajstić information content (AvgIpc) is 2.13. The van der Waals surface area contributed by atoms with Crippen LogP contribution in [0.4, 0.5) is 0 Å². The van der Waals surface area contributed by atoms with Gasteiger partial charge in [-0.15, -0.1) is 0 Å². The molecule has 0 bridgehead atoms. The number of aliphatic hydroxyl groups is 3. The van der Waals surface area contributed by atoms with Gasteiger partial charge in [0.25, 0.3) is 0 Å². The standard InChI is InChI=1S/C6H12O4/c1-3(7)5-2-4(8)6(9)10-5/h3-9H,2H2,1H3/t3-,4+,5+,6?/m0/s1. The van der Waals surface area contributed by atoms with Crippen LogP contribution in [0.2, 0.25) is 0 Å². The summed E-state index contributed by atoms with van der Waals surface area (Å²) in [7, 11) is 0. The Kier molecular flexibility index (Phi) is 2.25. The summed E-state index contributed by atoms with van der Waals surface area (Å²) in [6.45, 7) is 1.56. The molecule has 0 aromatic rings. The molecule has 1 fully saturated rings. The zero-order chi connectivity index (χ0) is 7.72. The number of rotatable bonds is 1. The third kappa shape index (κ3) is 1.46. The first-order chi connectivity index (χ1) is 4.61. The lowest BCUT2D eigenvalue weighted by molar-refractivity contribution is -0.143. The molecule has 0 aromatic carbocycles. The molecule has 1 heterocycles. The summed E-state index contributed by atoms with van der Waals surface area (Å²) in [5.74, 6) is 0. The molecule has 0 radical (unpaired) electrons. The maximum Gasteiger partial charge on any atom is 0.181 e. The van der Waals surface area contributed by atoms with Crippen LogP contribution in [-0.4, -0.2) is 39.9 Å². The fourth-order valence-corrected chi connectivity index (χ4v) is 0.990. The van der Waals surface area contributed by atoms with E-state index in [4.69, 9.17) is 20.1 Å². The number of ether oxygens (including phenoxy) is 1. The van der Waals surface area contributed by atoms with E-state index in [-0.39, 0.29) is 0 Å². The van der Waals surface area contributed by atoms with Gasteiger partial charge in [-0.2, -0.15) is 0 Å². The van der Waals surface area contributed by atoms with Gasteiger partial charge in [0, 0.05) is 6.42 Å². The first-order valence-corrected chi connectivity index (χ1v) is 3.31. The molecule has 1 unspecified atom stereocenters. The van der Waals surface area contributed by atoms with Crippen molar-refractivity contribution < 1.29 is 20.1 Å². The molecule has 0 saturated carbocycles. The number of aliphatic hydroxyl groups excluding tert-OH is 3. The highest BCUT2D eigenvalue weighted by atomic mass is 16.6. The monoisotopic (exact) mass is 148 g/mol. The van der Waals surface area contributed by atoms with Gasteiger partial charge in [-0.25, -0.2) is 0 Å². The van der Waals surface area contributed by atoms with Crippen molar-refractivity contribution in [2.75, 3.05) is 0 Å². The minimum absolute atomic E-state index is 0.304. The van der Waals surface area contributed by atoms with Crippen molar-refractivity contribution in [3.8, 4) is 0 Å². The van der Waals surface area contributed by atoms with Crippen LogP contribution >= 0.6 is 0 Å². The number of hydrogen-bond donors (Lipinski definition) is 3. The fraction of sp³-hybridized carbons (Fsp3) is 1.00. The highest BCUT2D eigenvalue weighted by molar-refractivity contribution is 4.78. The second-order valence-corrected chi connectivity index (χ2v) is 2.61. The van der Waals surface area contributed by atoms with E-state index in [0.717, 1.165) is 0 Å². The first kappa shape index (κ1) is 7.94. The van der Waals surface area contributed by atoms with Gasteiger partial charge in [-0.1, -0.05) is 0 Å². The molecule has 4 nitrogen and oxygen atoms in total. The van der Waals surface area contributed by atoms with E-state index >= 15 is 0 Å². The molecule has 4 heteroatoms. The molecule has 10 heavy (non-hydrogen) atoms. The van der Waals surface area contributed by atoms with Gasteiger partial charge in [-0.3, -0.25) is 0 Å². The lowest BCUT2D eigenvalue weighted by atomic mass is 10.1. The molecule has 1 saturated heterocycles. The molecular formula is C6H12O4. The van der Waals surface area contributed by atoms with Gasteiger partial charge in [0.1, 0.15) is 6.10 Å². The van der Waals surface area contributed by atoms with Gasteiger partial charge in [0.05, 0.1) is 12.2 Å². The van der Waals surface area contributed by atoms with Crippen molar-refractivity contribution in [1.82, 2.24) is 0 Å². The van der Waals surface area contributed by atoms with Crippen LogP contribution < -0.4 is 0 Å². The molecule has 3 N–H and O–H groups in total. The summed E-state index contributed by atoms with van der Waals surface area (Å²) in [4.78, 5) is 0. The predicted octanol–water partition coefficient (Wildman–Crippen LogP) is -1.16. The van der Waals surface area contributed by atoms with Crippen LogP contribution in [0.3, 0.4) is 0 Å². The van der Waals surface area contributed by atoms with E-state index in [2.05, 4.69) is 0 Å². The van der Waals surface area contributed by atoms with E-state index in [9.17, 15) is 0 Å². The van der Waals surface area contributed by atoms with Gasteiger partial charge in [-0.05, 0) is 6.92 Å². The maximum atomic E-state index is 8.94. The van der Waals surface area contributed by atoms with Gasteiger partial charge in [0.15, 0.2) is 6.29 Å². The minimum Gasteiger partial charge on any atom is -0.391 e. The second-order valence-electron chi connectivity index (χ2n) is 2.61. The Morgan fingerprint density at radius 2 is 2.10 bits per heavy atom. The van der Waals surface area contributed by atoms with E-state index < -0.39 is 24.6 Å². The van der Waals surface area contributed by atoms with Crippen LogP contribution in [0.5, 0.6) is 0 Å². The van der Waals surface area contributed by atoms with Gasteiger partial charge in [0.2, 0.25) is 0 Å². The Labute approximate surface area is 59.1 Å². The second kappa shape index (κ2) is 2.84. The molecule has 4 atom stereocenters. The smallest absolute Gasteiger partial charge is 0.181 e. The van der Waals surface area contributed by atoms with Crippen LogP contribution in [0.15, 0.2) is 0 Å². The van der Waals surface area contributed by atoms with E-state index in [0.29, 0.717) is 6.42 Å². The Hall–Kier alpha value is -0.160. The summed E-state index contributed by atoms with van der Waals surface area (Å²) in [5, 5.41) is 26.7. The number of hydrogen-bond acceptors (Lipinski definition) is 4.